The Balaban J connectivity index is 4.09. The van der Waals surface area contributed by atoms with Gasteiger partial charge in [-0.15, -0.1) is 0 Å². The molecule has 0 fully saturated rings. The first-order valence-electron chi connectivity index (χ1n) is 3.62. The van der Waals surface area contributed by atoms with Gasteiger partial charge in [0.25, 0.3) is 0 Å². The molecule has 0 saturated heterocycles. The summed E-state index contributed by atoms with van der Waals surface area (Å²) in [5.74, 6) is -2.49. The summed E-state index contributed by atoms with van der Waals surface area (Å²) in [5, 5.41) is 10.3. The Hall–Kier alpha value is -1.10. The summed E-state index contributed by atoms with van der Waals surface area (Å²) in [7, 11) is 0. The molecule has 0 radical (unpaired) electrons. The number of hydrogen-bond donors (Lipinski definition) is 0. The van der Waals surface area contributed by atoms with Crippen molar-refractivity contribution in [1.82, 2.24) is 0 Å². The van der Waals surface area contributed by atoms with Gasteiger partial charge in [-0.2, -0.15) is 0 Å². The molecular formula is C7H11O5-. The zero-order chi connectivity index (χ0) is 9.56. The lowest BCUT2D eigenvalue weighted by molar-refractivity contribution is -0.315. The van der Waals surface area contributed by atoms with E-state index in [1.165, 1.54) is 0 Å². The molecule has 0 aliphatic heterocycles. The molecule has 12 heavy (non-hydrogen) atoms. The number of esters is 1. The Kier molecular flexibility index (Phi) is 5.03. The molecule has 5 heteroatoms. The van der Waals surface area contributed by atoms with Crippen LogP contribution in [0.1, 0.15) is 13.8 Å². The second-order valence-electron chi connectivity index (χ2n) is 1.91. The lowest BCUT2D eigenvalue weighted by Gasteiger charge is -2.15. The molecule has 1 atom stereocenters. The van der Waals surface area contributed by atoms with Gasteiger partial charge < -0.3 is 19.4 Å². The van der Waals surface area contributed by atoms with Crippen LogP contribution in [-0.2, 0) is 19.1 Å². The van der Waals surface area contributed by atoms with Crippen molar-refractivity contribution in [2.45, 2.75) is 20.0 Å². The van der Waals surface area contributed by atoms with E-state index in [0.29, 0.717) is 0 Å². The minimum atomic E-state index is -1.60. The van der Waals surface area contributed by atoms with Crippen LogP contribution < -0.4 is 5.11 Å². The van der Waals surface area contributed by atoms with Gasteiger partial charge in [-0.1, -0.05) is 0 Å². The minimum Gasteiger partial charge on any atom is -0.547 e. The van der Waals surface area contributed by atoms with Crippen molar-refractivity contribution < 1.29 is 24.2 Å². The van der Waals surface area contributed by atoms with E-state index in [1.54, 1.807) is 13.8 Å². The zero-order valence-corrected chi connectivity index (χ0v) is 7.03. The van der Waals surface area contributed by atoms with E-state index in [4.69, 9.17) is 0 Å². The summed E-state index contributed by atoms with van der Waals surface area (Å²) in [6.07, 6.45) is -1.60. The molecule has 1 unspecified atom stereocenters. The highest BCUT2D eigenvalue weighted by Crippen LogP contribution is 1.94. The molecule has 0 aliphatic rings. The van der Waals surface area contributed by atoms with Crippen LogP contribution in [0.5, 0.6) is 0 Å². The number of carbonyl (C=O) groups is 2. The summed E-state index contributed by atoms with van der Waals surface area (Å²) in [6.45, 7) is 3.40. The first kappa shape index (κ1) is 10.9. The van der Waals surface area contributed by atoms with Gasteiger partial charge in [0.1, 0.15) is 0 Å². The normalized spacial score (nSPS) is 12.2. The highest BCUT2D eigenvalue weighted by Gasteiger charge is 2.20. The van der Waals surface area contributed by atoms with Crippen LogP contribution >= 0.6 is 0 Å². The fourth-order valence-electron chi connectivity index (χ4n) is 0.617. The Bertz CT molecular complexity index is 165. The van der Waals surface area contributed by atoms with Crippen molar-refractivity contribution in [1.29, 1.82) is 0 Å². The SMILES string of the molecule is CCOC(=O)C(OCC)C(=O)[O-]. The van der Waals surface area contributed by atoms with E-state index >= 15 is 0 Å². The predicted molar refractivity (Wildman–Crippen MR) is 37.1 cm³/mol. The van der Waals surface area contributed by atoms with Crippen LogP contribution in [0.25, 0.3) is 0 Å². The van der Waals surface area contributed by atoms with Crippen LogP contribution in [-0.4, -0.2) is 31.3 Å². The van der Waals surface area contributed by atoms with Gasteiger partial charge in [0, 0.05) is 6.61 Å². The smallest absolute Gasteiger partial charge is 0.341 e. The fourth-order valence-corrected chi connectivity index (χ4v) is 0.617. The summed E-state index contributed by atoms with van der Waals surface area (Å²) < 4.78 is 9.01. The van der Waals surface area contributed by atoms with Crippen LogP contribution in [0.3, 0.4) is 0 Å². The first-order chi connectivity index (χ1) is 5.63. The molecule has 70 valence electrons. The highest BCUT2D eigenvalue weighted by atomic mass is 16.6. The van der Waals surface area contributed by atoms with Gasteiger partial charge in [0.15, 0.2) is 6.10 Å². The largest absolute Gasteiger partial charge is 0.547 e. The van der Waals surface area contributed by atoms with Gasteiger partial charge in [0.05, 0.1) is 12.6 Å². The quantitative estimate of drug-likeness (QED) is 0.383. The van der Waals surface area contributed by atoms with Crippen molar-refractivity contribution in [2.75, 3.05) is 13.2 Å². The third-order valence-corrected chi connectivity index (χ3v) is 1.05. The van der Waals surface area contributed by atoms with E-state index in [2.05, 4.69) is 9.47 Å². The van der Waals surface area contributed by atoms with Crippen LogP contribution in [0.15, 0.2) is 0 Å². The van der Waals surface area contributed by atoms with Gasteiger partial charge >= 0.3 is 5.97 Å². The second kappa shape index (κ2) is 5.54. The van der Waals surface area contributed by atoms with Crippen molar-refractivity contribution in [3.8, 4) is 0 Å². The number of carboxylic acids is 1. The van der Waals surface area contributed by atoms with Gasteiger partial charge in [0.2, 0.25) is 0 Å². The maximum atomic E-state index is 10.8. The Morgan fingerprint density at radius 3 is 2.25 bits per heavy atom. The molecule has 0 amide bonds. The molecule has 5 nitrogen and oxygen atoms in total. The second-order valence-corrected chi connectivity index (χ2v) is 1.91. The molecule has 0 rings (SSSR count). The van der Waals surface area contributed by atoms with E-state index in [0.717, 1.165) is 0 Å². The van der Waals surface area contributed by atoms with E-state index in [-0.39, 0.29) is 13.2 Å². The average molecular weight is 175 g/mol. The van der Waals surface area contributed by atoms with E-state index in [9.17, 15) is 14.7 Å². The molecular weight excluding hydrogens is 164 g/mol. The topological polar surface area (TPSA) is 75.7 Å². The summed E-state index contributed by atoms with van der Waals surface area (Å²) in [6, 6.07) is 0. The summed E-state index contributed by atoms with van der Waals surface area (Å²) in [5.41, 5.74) is 0. The first-order valence-corrected chi connectivity index (χ1v) is 3.62. The van der Waals surface area contributed by atoms with Crippen LogP contribution in [0.4, 0.5) is 0 Å². The molecule has 0 N–H and O–H groups in total. The summed E-state index contributed by atoms with van der Waals surface area (Å²) >= 11 is 0. The van der Waals surface area contributed by atoms with Gasteiger partial charge in [-0.3, -0.25) is 0 Å². The minimum absolute atomic E-state index is 0.121. The van der Waals surface area contributed by atoms with Gasteiger partial charge in [-0.25, -0.2) is 4.79 Å². The standard InChI is InChI=1S/C7H12O5/c1-3-11-5(6(8)9)7(10)12-4-2/h5H,3-4H2,1-2H3,(H,8,9)/p-1. The maximum absolute atomic E-state index is 10.8. The Morgan fingerprint density at radius 1 is 1.33 bits per heavy atom. The molecule has 0 aliphatic carbocycles. The molecule has 0 aromatic rings. The highest BCUT2D eigenvalue weighted by molar-refractivity contribution is 5.96. The van der Waals surface area contributed by atoms with E-state index < -0.39 is 18.0 Å². The van der Waals surface area contributed by atoms with Crippen molar-refractivity contribution in [3.63, 3.8) is 0 Å². The molecule has 0 aromatic carbocycles. The zero-order valence-electron chi connectivity index (χ0n) is 7.03. The maximum Gasteiger partial charge on any atom is 0.341 e. The molecule has 0 saturated carbocycles. The number of ether oxygens (including phenoxy) is 2. The molecule has 0 bridgehead atoms. The molecule has 0 aromatic heterocycles. The lowest BCUT2D eigenvalue weighted by Crippen LogP contribution is -2.43. The third kappa shape index (κ3) is 3.34. The number of rotatable bonds is 5. The van der Waals surface area contributed by atoms with Crippen molar-refractivity contribution in [2.24, 2.45) is 0 Å². The Labute approximate surface area is 70.3 Å². The van der Waals surface area contributed by atoms with Crippen LogP contribution in [0, 0.1) is 0 Å². The third-order valence-electron chi connectivity index (χ3n) is 1.05. The number of hydrogen-bond acceptors (Lipinski definition) is 5. The van der Waals surface area contributed by atoms with Gasteiger partial charge in [-0.05, 0) is 13.8 Å². The molecule has 0 heterocycles. The average Bonchev–Trinajstić information content (AvgIpc) is 1.99. The summed E-state index contributed by atoms with van der Waals surface area (Å²) in [4.78, 5) is 21.1. The molecule has 0 spiro atoms. The Morgan fingerprint density at radius 2 is 1.92 bits per heavy atom. The lowest BCUT2D eigenvalue weighted by atomic mass is 10.3. The monoisotopic (exact) mass is 175 g/mol. The van der Waals surface area contributed by atoms with Crippen LogP contribution in [0.2, 0.25) is 0 Å². The number of carboxylic acid groups (broad SMARTS) is 1. The number of carbonyl (C=O) groups excluding carboxylic acids is 2. The van der Waals surface area contributed by atoms with E-state index in [1.807, 2.05) is 0 Å². The van der Waals surface area contributed by atoms with Crippen molar-refractivity contribution in [3.05, 3.63) is 0 Å². The predicted octanol–water partition coefficient (Wildman–Crippen LogP) is -1.30. The van der Waals surface area contributed by atoms with Crippen molar-refractivity contribution >= 4 is 11.9 Å². The number of aliphatic carboxylic acids is 1. The fraction of sp³-hybridized carbons (Fsp3) is 0.714.